The number of carboxylic acid groups (broad SMARTS) is 1. The highest BCUT2D eigenvalue weighted by Gasteiger charge is 2.24. The van der Waals surface area contributed by atoms with E-state index in [4.69, 9.17) is 0 Å². The van der Waals surface area contributed by atoms with Crippen LogP contribution in [-0.4, -0.2) is 55.5 Å². The number of carboxylic acids is 1. The van der Waals surface area contributed by atoms with Gasteiger partial charge >= 0.3 is 5.97 Å². The number of carbonyl (C=O) groups excluding carboxylic acids is 1. The Kier molecular flexibility index (Phi) is 5.46. The van der Waals surface area contributed by atoms with Gasteiger partial charge in [-0.1, -0.05) is 30.3 Å². The lowest BCUT2D eigenvalue weighted by Crippen LogP contribution is -2.17. The molecule has 0 unspecified atom stereocenters. The van der Waals surface area contributed by atoms with E-state index in [1.807, 2.05) is 0 Å². The molecule has 1 heterocycles. The molecule has 1 aromatic heterocycles. The number of aromatic nitrogens is 3. The van der Waals surface area contributed by atoms with E-state index in [1.54, 1.807) is 49.3 Å². The molecule has 0 spiro atoms. The van der Waals surface area contributed by atoms with E-state index in [9.17, 15) is 24.8 Å². The summed E-state index contributed by atoms with van der Waals surface area (Å²) in [6, 6.07) is 12.1. The van der Waals surface area contributed by atoms with E-state index in [0.29, 0.717) is 5.56 Å². The summed E-state index contributed by atoms with van der Waals surface area (Å²) in [6.07, 6.45) is 0. The molecule has 2 aromatic carbocycles. The molecule has 3 rings (SSSR count). The summed E-state index contributed by atoms with van der Waals surface area (Å²) < 4.78 is 1.24. The highest BCUT2D eigenvalue weighted by Crippen LogP contribution is 2.25. The van der Waals surface area contributed by atoms with Crippen LogP contribution in [0.1, 0.15) is 32.4 Å². The van der Waals surface area contributed by atoms with Crippen molar-refractivity contribution < 1.29 is 19.6 Å². The Morgan fingerprint density at radius 3 is 2.45 bits per heavy atom. The van der Waals surface area contributed by atoms with Crippen LogP contribution in [0.25, 0.3) is 5.69 Å². The standard InChI is InChI=1S/C19H17N5O5/c1-22(2)11-16-20-18(19(26)27)21-23(16)15-9-8-13(24(28)29)10-14(15)17(25)12-6-4-3-5-7-12/h3-10H,11H2,1-2H3,(H,26,27). The van der Waals surface area contributed by atoms with Gasteiger partial charge in [0.05, 0.1) is 22.7 Å². The third-order valence-electron chi connectivity index (χ3n) is 4.02. The van der Waals surface area contributed by atoms with Crippen molar-refractivity contribution in [3.05, 3.63) is 81.4 Å². The molecule has 10 heteroatoms. The summed E-state index contributed by atoms with van der Waals surface area (Å²) >= 11 is 0. The van der Waals surface area contributed by atoms with Gasteiger partial charge in [0, 0.05) is 17.7 Å². The zero-order valence-corrected chi connectivity index (χ0v) is 15.6. The lowest BCUT2D eigenvalue weighted by Gasteiger charge is -2.13. The number of benzene rings is 2. The summed E-state index contributed by atoms with van der Waals surface area (Å²) in [5.41, 5.74) is 0.302. The number of ketones is 1. The second-order valence-corrected chi connectivity index (χ2v) is 6.46. The van der Waals surface area contributed by atoms with Gasteiger partial charge in [-0.25, -0.2) is 14.5 Å². The SMILES string of the molecule is CN(C)Cc1nc(C(=O)O)nn1-c1ccc([N+](=O)[O-])cc1C(=O)c1ccccc1. The predicted octanol–water partition coefficient (Wildman–Crippen LogP) is 2.17. The van der Waals surface area contributed by atoms with Crippen LogP contribution < -0.4 is 0 Å². The van der Waals surface area contributed by atoms with Crippen LogP contribution in [-0.2, 0) is 6.54 Å². The van der Waals surface area contributed by atoms with Crippen molar-refractivity contribution in [2.45, 2.75) is 6.54 Å². The lowest BCUT2D eigenvalue weighted by molar-refractivity contribution is -0.384. The predicted molar refractivity (Wildman–Crippen MR) is 102 cm³/mol. The monoisotopic (exact) mass is 395 g/mol. The van der Waals surface area contributed by atoms with E-state index in [1.165, 1.54) is 16.8 Å². The Hall–Kier alpha value is -3.92. The highest BCUT2D eigenvalue weighted by atomic mass is 16.6. The van der Waals surface area contributed by atoms with Gasteiger partial charge in [-0.3, -0.25) is 14.9 Å². The van der Waals surface area contributed by atoms with E-state index >= 15 is 0 Å². The van der Waals surface area contributed by atoms with Gasteiger partial charge in [0.1, 0.15) is 5.82 Å². The third-order valence-corrected chi connectivity index (χ3v) is 4.02. The molecule has 148 valence electrons. The van der Waals surface area contributed by atoms with Crippen molar-refractivity contribution in [3.8, 4) is 5.69 Å². The number of nitrogens with zero attached hydrogens (tertiary/aromatic N) is 5. The van der Waals surface area contributed by atoms with Crippen LogP contribution >= 0.6 is 0 Å². The molecule has 3 aromatic rings. The van der Waals surface area contributed by atoms with Gasteiger partial charge in [-0.2, -0.15) is 0 Å². The Labute approximate surface area is 165 Å². The van der Waals surface area contributed by atoms with Gasteiger partial charge in [-0.05, 0) is 20.2 Å². The fourth-order valence-corrected chi connectivity index (χ4v) is 2.76. The molecule has 0 aliphatic carbocycles. The van der Waals surface area contributed by atoms with Crippen LogP contribution in [0, 0.1) is 10.1 Å². The maximum Gasteiger partial charge on any atom is 0.375 e. The van der Waals surface area contributed by atoms with Crippen molar-refractivity contribution in [1.29, 1.82) is 0 Å². The summed E-state index contributed by atoms with van der Waals surface area (Å²) in [6.45, 7) is 0.246. The molecule has 10 nitrogen and oxygen atoms in total. The molecular formula is C19H17N5O5. The molecule has 0 radical (unpaired) electrons. The van der Waals surface area contributed by atoms with Crippen molar-refractivity contribution >= 4 is 17.4 Å². The van der Waals surface area contributed by atoms with Gasteiger partial charge in [0.25, 0.3) is 11.5 Å². The van der Waals surface area contributed by atoms with E-state index in [0.717, 1.165) is 6.07 Å². The number of rotatable bonds is 7. The topological polar surface area (TPSA) is 131 Å². The number of carbonyl (C=O) groups is 2. The number of non-ortho nitro benzene ring substituents is 1. The lowest BCUT2D eigenvalue weighted by atomic mass is 10.0. The van der Waals surface area contributed by atoms with Gasteiger partial charge in [0.15, 0.2) is 5.78 Å². The van der Waals surface area contributed by atoms with Crippen LogP contribution in [0.4, 0.5) is 5.69 Å². The van der Waals surface area contributed by atoms with Crippen molar-refractivity contribution in [3.63, 3.8) is 0 Å². The molecule has 0 amide bonds. The number of hydrogen-bond donors (Lipinski definition) is 1. The quantitative estimate of drug-likeness (QED) is 0.366. The van der Waals surface area contributed by atoms with E-state index in [-0.39, 0.29) is 29.3 Å². The first-order chi connectivity index (χ1) is 13.8. The van der Waals surface area contributed by atoms with Gasteiger partial charge < -0.3 is 10.0 Å². The summed E-state index contributed by atoms with van der Waals surface area (Å²) in [5, 5.41) is 24.5. The first-order valence-electron chi connectivity index (χ1n) is 8.50. The summed E-state index contributed by atoms with van der Waals surface area (Å²) in [4.78, 5) is 40.9. The minimum atomic E-state index is -1.32. The second-order valence-electron chi connectivity index (χ2n) is 6.46. The maximum absolute atomic E-state index is 13.1. The minimum Gasteiger partial charge on any atom is -0.475 e. The first-order valence-corrected chi connectivity index (χ1v) is 8.50. The fourth-order valence-electron chi connectivity index (χ4n) is 2.76. The summed E-state index contributed by atoms with van der Waals surface area (Å²) in [5.74, 6) is -1.92. The van der Waals surface area contributed by atoms with Crippen molar-refractivity contribution in [2.75, 3.05) is 14.1 Å². The largest absolute Gasteiger partial charge is 0.475 e. The molecule has 1 N–H and O–H groups in total. The number of hydrogen-bond acceptors (Lipinski definition) is 7. The second kappa shape index (κ2) is 7.98. The minimum absolute atomic E-state index is 0.0206. The van der Waals surface area contributed by atoms with Crippen molar-refractivity contribution in [1.82, 2.24) is 19.7 Å². The number of nitro benzene ring substituents is 1. The number of nitro groups is 1. The average Bonchev–Trinajstić information content (AvgIpc) is 3.10. The Bertz CT molecular complexity index is 1090. The smallest absolute Gasteiger partial charge is 0.375 e. The molecule has 0 saturated heterocycles. The first kappa shape index (κ1) is 19.8. The van der Waals surface area contributed by atoms with Crippen LogP contribution in [0.15, 0.2) is 48.5 Å². The van der Waals surface area contributed by atoms with Crippen molar-refractivity contribution in [2.24, 2.45) is 0 Å². The van der Waals surface area contributed by atoms with Crippen LogP contribution in [0.3, 0.4) is 0 Å². The maximum atomic E-state index is 13.1. The fraction of sp³-hybridized carbons (Fsp3) is 0.158. The highest BCUT2D eigenvalue weighted by molar-refractivity contribution is 6.11. The molecule has 0 aliphatic rings. The third kappa shape index (κ3) is 4.17. The molecule has 0 fully saturated rings. The zero-order chi connectivity index (χ0) is 21.1. The zero-order valence-electron chi connectivity index (χ0n) is 15.6. The Morgan fingerprint density at radius 1 is 1.17 bits per heavy atom. The van der Waals surface area contributed by atoms with E-state index in [2.05, 4.69) is 10.1 Å². The molecule has 0 saturated carbocycles. The van der Waals surface area contributed by atoms with Gasteiger partial charge in [-0.15, -0.1) is 5.10 Å². The average molecular weight is 395 g/mol. The number of aromatic carboxylic acids is 1. The van der Waals surface area contributed by atoms with Crippen LogP contribution in [0.5, 0.6) is 0 Å². The van der Waals surface area contributed by atoms with Crippen LogP contribution in [0.2, 0.25) is 0 Å². The molecular weight excluding hydrogens is 378 g/mol. The Morgan fingerprint density at radius 2 is 1.86 bits per heavy atom. The molecule has 0 bridgehead atoms. The summed E-state index contributed by atoms with van der Waals surface area (Å²) in [7, 11) is 3.54. The van der Waals surface area contributed by atoms with Gasteiger partial charge in [0.2, 0.25) is 0 Å². The molecule has 0 aliphatic heterocycles. The normalized spacial score (nSPS) is 10.9. The van der Waals surface area contributed by atoms with E-state index < -0.39 is 22.5 Å². The molecule has 29 heavy (non-hydrogen) atoms. The molecule has 0 atom stereocenters. The Balaban J connectivity index is 2.23.